The molecule has 0 heterocycles. The van der Waals surface area contributed by atoms with Crippen molar-refractivity contribution in [1.29, 1.82) is 0 Å². The summed E-state index contributed by atoms with van der Waals surface area (Å²) < 4.78 is 5.32. The van der Waals surface area contributed by atoms with Gasteiger partial charge >= 0.3 is 6.09 Å². The Labute approximate surface area is 214 Å². The first kappa shape index (κ1) is 29.1. The molecule has 2 rings (SSSR count). The molecule has 1 aliphatic rings. The van der Waals surface area contributed by atoms with Crippen LogP contribution in [0, 0.1) is 19.8 Å². The van der Waals surface area contributed by atoms with Gasteiger partial charge in [0, 0.05) is 11.6 Å². The molecule has 4 N–H and O–H groups in total. The van der Waals surface area contributed by atoms with Gasteiger partial charge in [-0.05, 0) is 84.4 Å². The molecule has 200 valence electrons. The second-order valence-electron chi connectivity index (χ2n) is 11.8. The molecule has 0 saturated heterocycles. The molecular formula is C27H42N4O5. The van der Waals surface area contributed by atoms with E-state index in [1.54, 1.807) is 20.8 Å². The van der Waals surface area contributed by atoms with Gasteiger partial charge in [-0.3, -0.25) is 14.4 Å². The average Bonchev–Trinajstić information content (AvgIpc) is 3.40. The molecule has 0 spiro atoms. The lowest BCUT2D eigenvalue weighted by atomic mass is 9.93. The second-order valence-corrected chi connectivity index (χ2v) is 11.8. The Bertz CT molecular complexity index is 1010. The van der Waals surface area contributed by atoms with Gasteiger partial charge in [-0.2, -0.15) is 0 Å². The number of aryl methyl sites for hydroxylation is 1. The standard InChI is InChI=1S/C27H42N4O5/c1-15-11-10-12-18(17(15)3)22(23(33)30-26(4,5)6)31(20-13-16(20)2)24(34)19(14-21(28)32)29-25(35)36-27(7,8)9/h10-12,16,19-20,22H,13-14H2,1-9H3,(H2,28,32)(H,29,35)(H,30,33). The van der Waals surface area contributed by atoms with E-state index in [2.05, 4.69) is 10.6 Å². The van der Waals surface area contributed by atoms with Crippen molar-refractivity contribution in [2.45, 2.75) is 104 Å². The maximum Gasteiger partial charge on any atom is 0.408 e. The minimum atomic E-state index is -1.28. The Hall–Kier alpha value is -3.10. The molecule has 4 unspecified atom stereocenters. The molecule has 1 aromatic rings. The summed E-state index contributed by atoms with van der Waals surface area (Å²) in [6.45, 7) is 16.6. The van der Waals surface area contributed by atoms with Gasteiger partial charge in [0.25, 0.3) is 0 Å². The minimum Gasteiger partial charge on any atom is -0.444 e. The Kier molecular flexibility index (Phi) is 8.81. The van der Waals surface area contributed by atoms with Gasteiger partial charge in [0.1, 0.15) is 17.7 Å². The summed E-state index contributed by atoms with van der Waals surface area (Å²) in [6.07, 6.45) is -0.560. The monoisotopic (exact) mass is 502 g/mol. The van der Waals surface area contributed by atoms with E-state index in [-0.39, 0.29) is 17.9 Å². The van der Waals surface area contributed by atoms with Crippen molar-refractivity contribution in [3.05, 3.63) is 34.9 Å². The van der Waals surface area contributed by atoms with E-state index in [4.69, 9.17) is 10.5 Å². The summed E-state index contributed by atoms with van der Waals surface area (Å²) in [6, 6.07) is 3.18. The number of nitrogens with two attached hydrogens (primary N) is 1. The van der Waals surface area contributed by atoms with Crippen molar-refractivity contribution < 1.29 is 23.9 Å². The summed E-state index contributed by atoms with van der Waals surface area (Å²) in [5.74, 6) is -1.49. The maximum atomic E-state index is 14.1. The number of rotatable bonds is 8. The van der Waals surface area contributed by atoms with Gasteiger partial charge in [0.05, 0.1) is 6.42 Å². The highest BCUT2D eigenvalue weighted by molar-refractivity contribution is 5.95. The molecule has 0 aliphatic heterocycles. The number of hydrogen-bond acceptors (Lipinski definition) is 5. The van der Waals surface area contributed by atoms with E-state index in [1.165, 1.54) is 4.90 Å². The van der Waals surface area contributed by atoms with Crippen LogP contribution in [0.25, 0.3) is 0 Å². The molecule has 9 nitrogen and oxygen atoms in total. The van der Waals surface area contributed by atoms with Gasteiger partial charge < -0.3 is 26.0 Å². The van der Waals surface area contributed by atoms with Crippen LogP contribution in [0.2, 0.25) is 0 Å². The van der Waals surface area contributed by atoms with E-state index in [1.807, 2.05) is 59.7 Å². The molecule has 1 fully saturated rings. The van der Waals surface area contributed by atoms with Crippen LogP contribution >= 0.6 is 0 Å². The lowest BCUT2D eigenvalue weighted by Crippen LogP contribution is -2.56. The van der Waals surface area contributed by atoms with Crippen molar-refractivity contribution in [3.63, 3.8) is 0 Å². The van der Waals surface area contributed by atoms with E-state index < -0.39 is 47.6 Å². The van der Waals surface area contributed by atoms with Crippen molar-refractivity contribution in [3.8, 4) is 0 Å². The summed E-state index contributed by atoms with van der Waals surface area (Å²) in [5, 5.41) is 5.53. The highest BCUT2D eigenvalue weighted by Gasteiger charge is 2.49. The molecule has 1 aliphatic carbocycles. The maximum absolute atomic E-state index is 14.1. The number of nitrogens with zero attached hydrogens (tertiary/aromatic N) is 1. The van der Waals surface area contributed by atoms with Crippen LogP contribution in [-0.4, -0.2) is 51.9 Å². The third kappa shape index (κ3) is 7.96. The molecule has 4 amide bonds. The first-order chi connectivity index (χ1) is 16.4. The number of amides is 4. The normalized spacial score (nSPS) is 19.0. The largest absolute Gasteiger partial charge is 0.444 e. The minimum absolute atomic E-state index is 0.153. The number of ether oxygens (including phenoxy) is 1. The first-order valence-electron chi connectivity index (χ1n) is 12.4. The number of nitrogens with one attached hydrogen (secondary N) is 2. The summed E-state index contributed by atoms with van der Waals surface area (Å²) >= 11 is 0. The molecule has 36 heavy (non-hydrogen) atoms. The summed E-state index contributed by atoms with van der Waals surface area (Å²) in [7, 11) is 0. The highest BCUT2D eigenvalue weighted by atomic mass is 16.6. The van der Waals surface area contributed by atoms with Crippen LogP contribution in [0.5, 0.6) is 0 Å². The fraction of sp³-hybridized carbons (Fsp3) is 0.630. The van der Waals surface area contributed by atoms with Crippen LogP contribution in [0.1, 0.15) is 84.0 Å². The van der Waals surface area contributed by atoms with Gasteiger partial charge in [0.2, 0.25) is 17.7 Å². The molecule has 0 bridgehead atoms. The fourth-order valence-electron chi connectivity index (χ4n) is 4.13. The number of alkyl carbamates (subject to hydrolysis) is 1. The van der Waals surface area contributed by atoms with Gasteiger partial charge in [-0.15, -0.1) is 0 Å². The highest BCUT2D eigenvalue weighted by Crippen LogP contribution is 2.41. The molecule has 1 aromatic carbocycles. The van der Waals surface area contributed by atoms with Crippen LogP contribution in [0.3, 0.4) is 0 Å². The van der Waals surface area contributed by atoms with E-state index in [0.29, 0.717) is 12.0 Å². The third-order valence-electron chi connectivity index (χ3n) is 6.04. The Morgan fingerprint density at radius 1 is 1.11 bits per heavy atom. The third-order valence-corrected chi connectivity index (χ3v) is 6.04. The Balaban J connectivity index is 2.58. The van der Waals surface area contributed by atoms with Gasteiger partial charge in [0.15, 0.2) is 0 Å². The Morgan fingerprint density at radius 2 is 1.69 bits per heavy atom. The number of carbonyl (C=O) groups is 4. The van der Waals surface area contributed by atoms with Crippen LogP contribution in [0.4, 0.5) is 4.79 Å². The molecule has 0 radical (unpaired) electrons. The number of hydrogen-bond donors (Lipinski definition) is 3. The first-order valence-corrected chi connectivity index (χ1v) is 12.4. The van der Waals surface area contributed by atoms with Crippen molar-refractivity contribution in [1.82, 2.24) is 15.5 Å². The molecular weight excluding hydrogens is 460 g/mol. The van der Waals surface area contributed by atoms with Crippen molar-refractivity contribution in [2.75, 3.05) is 0 Å². The smallest absolute Gasteiger partial charge is 0.408 e. The van der Waals surface area contributed by atoms with Gasteiger partial charge in [-0.25, -0.2) is 4.79 Å². The fourth-order valence-corrected chi connectivity index (χ4v) is 4.13. The topological polar surface area (TPSA) is 131 Å². The lowest BCUT2D eigenvalue weighted by molar-refractivity contribution is -0.144. The molecule has 1 saturated carbocycles. The predicted octanol–water partition coefficient (Wildman–Crippen LogP) is 3.26. The molecule has 9 heteroatoms. The molecule has 4 atom stereocenters. The van der Waals surface area contributed by atoms with Crippen LogP contribution < -0.4 is 16.4 Å². The quantitative estimate of drug-likeness (QED) is 0.502. The zero-order valence-electron chi connectivity index (χ0n) is 23.0. The number of primary amides is 1. The summed E-state index contributed by atoms with van der Waals surface area (Å²) in [4.78, 5) is 53.8. The Morgan fingerprint density at radius 3 is 2.17 bits per heavy atom. The van der Waals surface area contributed by atoms with Crippen molar-refractivity contribution >= 4 is 23.8 Å². The van der Waals surface area contributed by atoms with Crippen molar-refractivity contribution in [2.24, 2.45) is 11.7 Å². The van der Waals surface area contributed by atoms with E-state index in [0.717, 1.165) is 11.1 Å². The lowest BCUT2D eigenvalue weighted by Gasteiger charge is -2.37. The zero-order chi connectivity index (χ0) is 27.6. The predicted molar refractivity (Wildman–Crippen MR) is 138 cm³/mol. The zero-order valence-corrected chi connectivity index (χ0v) is 23.0. The van der Waals surface area contributed by atoms with E-state index in [9.17, 15) is 19.2 Å². The van der Waals surface area contributed by atoms with E-state index >= 15 is 0 Å². The average molecular weight is 503 g/mol. The van der Waals surface area contributed by atoms with Crippen LogP contribution in [0.15, 0.2) is 18.2 Å². The molecule has 0 aromatic heterocycles. The number of carbonyl (C=O) groups excluding carboxylic acids is 4. The SMILES string of the molecule is Cc1cccc(C(C(=O)NC(C)(C)C)N(C(=O)C(CC(N)=O)NC(=O)OC(C)(C)C)C2CC2C)c1C. The second kappa shape index (κ2) is 10.9. The number of benzene rings is 1. The van der Waals surface area contributed by atoms with Gasteiger partial charge in [-0.1, -0.05) is 25.1 Å². The summed E-state index contributed by atoms with van der Waals surface area (Å²) in [5.41, 5.74) is 6.67. The van der Waals surface area contributed by atoms with Crippen LogP contribution in [-0.2, 0) is 19.1 Å².